The second-order valence-corrected chi connectivity index (χ2v) is 7.07. The Morgan fingerprint density at radius 1 is 1.33 bits per heavy atom. The lowest BCUT2D eigenvalue weighted by molar-refractivity contribution is -0.151. The van der Waals surface area contributed by atoms with Crippen molar-refractivity contribution in [2.45, 2.75) is 52.1 Å². The third-order valence-corrected chi connectivity index (χ3v) is 5.22. The topological polar surface area (TPSA) is 119 Å². The van der Waals surface area contributed by atoms with Gasteiger partial charge in [-0.2, -0.15) is 0 Å². The Morgan fingerprint density at radius 2 is 2.00 bits per heavy atom. The first kappa shape index (κ1) is 23.1. The van der Waals surface area contributed by atoms with E-state index >= 15 is 0 Å². The molecular weight excluding hydrogens is 372 g/mol. The molecule has 1 atom stereocenters. The molecule has 1 heterocycles. The normalized spacial score (nSPS) is 12.9. The minimum absolute atomic E-state index is 0.0624. The molecule has 9 heteroatoms. The number of aryl methyl sites for hydroxylation is 2. The van der Waals surface area contributed by atoms with Crippen LogP contribution in [0.3, 0.4) is 0 Å². The first-order valence-electron chi connectivity index (χ1n) is 8.90. The number of esters is 2. The smallest absolute Gasteiger partial charge is 0.347 e. The van der Waals surface area contributed by atoms with Crippen molar-refractivity contribution in [1.82, 2.24) is 0 Å². The number of nitrogens with two attached hydrogens (primary N) is 1. The predicted octanol–water partition coefficient (Wildman–Crippen LogP) is 1.51. The number of thiophene rings is 1. The van der Waals surface area contributed by atoms with Crippen molar-refractivity contribution in [3.63, 3.8) is 0 Å². The summed E-state index contributed by atoms with van der Waals surface area (Å²) in [4.78, 5) is 38.3. The van der Waals surface area contributed by atoms with Gasteiger partial charge in [0.15, 0.2) is 5.66 Å². The lowest BCUT2D eigenvalue weighted by Crippen LogP contribution is -2.62. The summed E-state index contributed by atoms with van der Waals surface area (Å²) in [5, 5.41) is 9.51. The van der Waals surface area contributed by atoms with Crippen molar-refractivity contribution in [3.8, 4) is 0 Å². The molecule has 0 radical (unpaired) electrons. The van der Waals surface area contributed by atoms with Gasteiger partial charge in [0.25, 0.3) is 0 Å². The van der Waals surface area contributed by atoms with E-state index in [4.69, 9.17) is 20.3 Å². The number of hydrogen-bond acceptors (Lipinski definition) is 8. The summed E-state index contributed by atoms with van der Waals surface area (Å²) in [7, 11) is 0. The SMILES string of the molecule is CCOC(=O)CC[C@](N)(C(=O)OCC)N(C=O)c1sc(CCCO)cc1C. The van der Waals surface area contributed by atoms with Gasteiger partial charge in [-0.15, -0.1) is 11.3 Å². The number of carbonyl (C=O) groups excluding carboxylic acids is 3. The van der Waals surface area contributed by atoms with Gasteiger partial charge in [0.2, 0.25) is 6.41 Å². The fourth-order valence-corrected chi connectivity index (χ4v) is 3.83. The van der Waals surface area contributed by atoms with Crippen molar-refractivity contribution in [2.75, 3.05) is 24.7 Å². The van der Waals surface area contributed by atoms with Gasteiger partial charge in [0.1, 0.15) is 5.00 Å². The van der Waals surface area contributed by atoms with Gasteiger partial charge in [0.05, 0.1) is 13.2 Å². The summed E-state index contributed by atoms with van der Waals surface area (Å²) < 4.78 is 9.96. The molecule has 0 spiro atoms. The first-order valence-corrected chi connectivity index (χ1v) is 9.72. The van der Waals surface area contributed by atoms with Gasteiger partial charge in [-0.05, 0) is 45.2 Å². The summed E-state index contributed by atoms with van der Waals surface area (Å²) in [5.74, 6) is -1.29. The Labute approximate surface area is 163 Å². The van der Waals surface area contributed by atoms with Gasteiger partial charge < -0.3 is 14.6 Å². The monoisotopic (exact) mass is 400 g/mol. The standard InChI is InChI=1S/C18H28N2O6S/c1-4-25-15(23)8-9-18(19,17(24)26-5-2)20(12-22)16-13(3)11-14(27-16)7-6-10-21/h11-12,21H,4-10,19H2,1-3H3/t18-/m1/s1. The molecule has 1 aromatic heterocycles. The van der Waals surface area contributed by atoms with Crippen molar-refractivity contribution in [1.29, 1.82) is 0 Å². The van der Waals surface area contributed by atoms with E-state index in [2.05, 4.69) is 0 Å². The molecule has 27 heavy (non-hydrogen) atoms. The summed E-state index contributed by atoms with van der Waals surface area (Å²) in [6.45, 7) is 5.49. The minimum Gasteiger partial charge on any atom is -0.466 e. The highest BCUT2D eigenvalue weighted by Gasteiger charge is 2.43. The average Bonchev–Trinajstić information content (AvgIpc) is 2.99. The van der Waals surface area contributed by atoms with E-state index in [-0.39, 0.29) is 32.7 Å². The molecule has 152 valence electrons. The molecular formula is C18H28N2O6S. The van der Waals surface area contributed by atoms with E-state index in [1.165, 1.54) is 11.3 Å². The maximum Gasteiger partial charge on any atom is 0.347 e. The highest BCUT2D eigenvalue weighted by atomic mass is 32.1. The van der Waals surface area contributed by atoms with Gasteiger partial charge in [-0.1, -0.05) is 0 Å². The van der Waals surface area contributed by atoms with Crippen molar-refractivity contribution >= 4 is 34.7 Å². The highest BCUT2D eigenvalue weighted by Crippen LogP contribution is 2.35. The fraction of sp³-hybridized carbons (Fsp3) is 0.611. The number of ether oxygens (including phenoxy) is 2. The van der Waals surface area contributed by atoms with Crippen LogP contribution in [0, 0.1) is 6.92 Å². The fourth-order valence-electron chi connectivity index (χ4n) is 2.58. The lowest BCUT2D eigenvalue weighted by Gasteiger charge is -2.35. The van der Waals surface area contributed by atoms with Gasteiger partial charge in [-0.25, -0.2) is 4.79 Å². The number of carbonyl (C=O) groups is 3. The molecule has 1 rings (SSSR count). The van der Waals surface area contributed by atoms with Crippen LogP contribution in [0.25, 0.3) is 0 Å². The lowest BCUT2D eigenvalue weighted by atomic mass is 10.0. The molecule has 1 amide bonds. The Hall–Kier alpha value is -1.97. The molecule has 0 bridgehead atoms. The second-order valence-electron chi connectivity index (χ2n) is 5.95. The Balaban J connectivity index is 3.19. The molecule has 0 aliphatic carbocycles. The zero-order chi connectivity index (χ0) is 20.4. The van der Waals surface area contributed by atoms with E-state index in [9.17, 15) is 14.4 Å². The number of aliphatic hydroxyl groups excluding tert-OH is 1. The van der Waals surface area contributed by atoms with E-state index in [1.54, 1.807) is 13.8 Å². The number of amides is 1. The van der Waals surface area contributed by atoms with Crippen LogP contribution in [0.15, 0.2) is 6.07 Å². The molecule has 1 aromatic rings. The summed E-state index contributed by atoms with van der Waals surface area (Å²) >= 11 is 1.32. The Bertz CT molecular complexity index is 648. The molecule has 0 saturated heterocycles. The number of hydrogen-bond donors (Lipinski definition) is 2. The minimum atomic E-state index is -1.83. The van der Waals surface area contributed by atoms with Crippen molar-refractivity contribution < 1.29 is 29.0 Å². The molecule has 0 aromatic carbocycles. The summed E-state index contributed by atoms with van der Waals surface area (Å²) in [5.41, 5.74) is 5.26. The van der Waals surface area contributed by atoms with Crippen LogP contribution in [-0.2, 0) is 30.3 Å². The van der Waals surface area contributed by atoms with Crippen LogP contribution >= 0.6 is 11.3 Å². The number of aliphatic hydroxyl groups is 1. The van der Waals surface area contributed by atoms with E-state index in [1.807, 2.05) is 13.0 Å². The maximum absolute atomic E-state index is 12.6. The molecule has 0 aliphatic rings. The number of anilines is 1. The molecule has 0 unspecified atom stereocenters. The van der Waals surface area contributed by atoms with Gasteiger partial charge in [-0.3, -0.25) is 20.2 Å². The largest absolute Gasteiger partial charge is 0.466 e. The van der Waals surface area contributed by atoms with Gasteiger partial charge >= 0.3 is 11.9 Å². The molecule has 0 saturated carbocycles. The van der Waals surface area contributed by atoms with E-state index in [0.717, 1.165) is 15.3 Å². The first-order chi connectivity index (χ1) is 12.8. The van der Waals surface area contributed by atoms with Crippen molar-refractivity contribution in [3.05, 3.63) is 16.5 Å². The maximum atomic E-state index is 12.6. The molecule has 3 N–H and O–H groups in total. The van der Waals surface area contributed by atoms with E-state index < -0.39 is 17.6 Å². The van der Waals surface area contributed by atoms with Crippen LogP contribution < -0.4 is 10.6 Å². The third-order valence-electron chi connectivity index (χ3n) is 3.92. The number of nitrogens with zero attached hydrogens (tertiary/aromatic N) is 1. The molecule has 0 aliphatic heterocycles. The predicted molar refractivity (Wildman–Crippen MR) is 102 cm³/mol. The van der Waals surface area contributed by atoms with Crippen LogP contribution in [0.2, 0.25) is 0 Å². The zero-order valence-corrected chi connectivity index (χ0v) is 16.8. The zero-order valence-electron chi connectivity index (χ0n) is 16.0. The summed E-state index contributed by atoms with van der Waals surface area (Å²) in [6, 6.07) is 1.89. The average molecular weight is 400 g/mol. The Morgan fingerprint density at radius 3 is 2.56 bits per heavy atom. The Kier molecular flexibility index (Phi) is 9.40. The van der Waals surface area contributed by atoms with Crippen LogP contribution in [0.5, 0.6) is 0 Å². The van der Waals surface area contributed by atoms with Crippen LogP contribution in [0.1, 0.15) is 43.6 Å². The van der Waals surface area contributed by atoms with E-state index in [0.29, 0.717) is 24.3 Å². The number of rotatable bonds is 12. The quantitative estimate of drug-likeness (QED) is 0.310. The highest BCUT2D eigenvalue weighted by molar-refractivity contribution is 7.16. The molecule has 8 nitrogen and oxygen atoms in total. The van der Waals surface area contributed by atoms with Crippen LogP contribution in [-0.4, -0.2) is 48.9 Å². The molecule has 0 fully saturated rings. The van der Waals surface area contributed by atoms with Crippen LogP contribution in [0.4, 0.5) is 5.00 Å². The third kappa shape index (κ3) is 6.02. The van der Waals surface area contributed by atoms with Gasteiger partial charge in [0, 0.05) is 24.3 Å². The second kappa shape index (κ2) is 11.0. The summed E-state index contributed by atoms with van der Waals surface area (Å²) in [6.07, 6.45) is 1.46. The van der Waals surface area contributed by atoms with Crippen molar-refractivity contribution in [2.24, 2.45) is 5.73 Å².